The largest absolute Gasteiger partial charge is 0.508 e. The fourth-order valence-corrected chi connectivity index (χ4v) is 1.92. The number of nitrogens with one attached hydrogen (secondary N) is 1. The van der Waals surface area contributed by atoms with Gasteiger partial charge in [0.05, 0.1) is 17.0 Å². The second-order valence-electron chi connectivity index (χ2n) is 4.55. The number of amides is 1. The van der Waals surface area contributed by atoms with E-state index in [-0.39, 0.29) is 11.7 Å². The Morgan fingerprint density at radius 3 is 2.80 bits per heavy atom. The summed E-state index contributed by atoms with van der Waals surface area (Å²) in [6.45, 7) is 4.10. The molecule has 0 saturated heterocycles. The number of carbonyl (C=O) groups excluding carboxylic acids is 1. The molecule has 1 heterocycles. The molecule has 0 saturated carbocycles. The van der Waals surface area contributed by atoms with Gasteiger partial charge in [-0.25, -0.2) is 0 Å². The first kappa shape index (κ1) is 14.0. The third-order valence-corrected chi connectivity index (χ3v) is 2.94. The van der Waals surface area contributed by atoms with Crippen LogP contribution in [0.1, 0.15) is 34.2 Å². The van der Waals surface area contributed by atoms with E-state index in [0.717, 1.165) is 5.56 Å². The average Bonchev–Trinajstić information content (AvgIpc) is 2.45. The Morgan fingerprint density at radius 1 is 1.30 bits per heavy atom. The number of aromatic nitrogens is 2. The Morgan fingerprint density at radius 2 is 2.10 bits per heavy atom. The number of nitrogens with zero attached hydrogens (tertiary/aromatic N) is 2. The number of hydrogen-bond donors (Lipinski definition) is 2. The summed E-state index contributed by atoms with van der Waals surface area (Å²) in [4.78, 5) is 12.2. The van der Waals surface area contributed by atoms with Crippen LogP contribution < -0.4 is 5.32 Å². The molecular formula is C15H17N3O2. The van der Waals surface area contributed by atoms with Gasteiger partial charge in [0, 0.05) is 6.54 Å². The van der Waals surface area contributed by atoms with Gasteiger partial charge >= 0.3 is 0 Å². The Labute approximate surface area is 117 Å². The number of phenols is 1. The lowest BCUT2D eigenvalue weighted by Crippen LogP contribution is -2.24. The first-order valence-electron chi connectivity index (χ1n) is 6.49. The molecule has 0 aliphatic carbocycles. The van der Waals surface area contributed by atoms with Gasteiger partial charge in [0.2, 0.25) is 0 Å². The number of aromatic hydroxyl groups is 1. The summed E-state index contributed by atoms with van der Waals surface area (Å²) in [6, 6.07) is 8.54. The third kappa shape index (κ3) is 3.32. The van der Waals surface area contributed by atoms with E-state index in [1.54, 1.807) is 31.2 Å². The molecule has 0 radical (unpaired) electrons. The number of hydrogen-bond acceptors (Lipinski definition) is 4. The summed E-state index contributed by atoms with van der Waals surface area (Å²) in [5.41, 5.74) is 2.80. The Hall–Kier alpha value is -2.43. The van der Waals surface area contributed by atoms with Gasteiger partial charge in [-0.1, -0.05) is 19.1 Å². The van der Waals surface area contributed by atoms with Crippen molar-refractivity contribution in [1.82, 2.24) is 15.5 Å². The van der Waals surface area contributed by atoms with Gasteiger partial charge in [0.1, 0.15) is 5.75 Å². The van der Waals surface area contributed by atoms with Crippen LogP contribution in [0.3, 0.4) is 0 Å². The molecule has 1 aromatic carbocycles. The topological polar surface area (TPSA) is 75.1 Å². The minimum atomic E-state index is -0.178. The molecule has 20 heavy (non-hydrogen) atoms. The molecule has 2 N–H and O–H groups in total. The van der Waals surface area contributed by atoms with Crippen molar-refractivity contribution in [1.29, 1.82) is 0 Å². The summed E-state index contributed by atoms with van der Waals surface area (Å²) in [5.74, 6) is 0.00983. The highest BCUT2D eigenvalue weighted by molar-refractivity contribution is 5.95. The van der Waals surface area contributed by atoms with Crippen molar-refractivity contribution in [2.75, 3.05) is 0 Å². The Kier molecular flexibility index (Phi) is 4.30. The van der Waals surface area contributed by atoms with Crippen LogP contribution in [0.2, 0.25) is 0 Å². The number of rotatable bonds is 4. The highest BCUT2D eigenvalue weighted by Gasteiger charge is 2.12. The van der Waals surface area contributed by atoms with Crippen molar-refractivity contribution < 1.29 is 9.90 Å². The smallest absolute Gasteiger partial charge is 0.253 e. The quantitative estimate of drug-likeness (QED) is 0.891. The van der Waals surface area contributed by atoms with E-state index >= 15 is 0 Å². The van der Waals surface area contributed by atoms with Gasteiger partial charge in [-0.15, -0.1) is 0 Å². The maximum atomic E-state index is 12.2. The molecule has 2 rings (SSSR count). The summed E-state index contributed by atoms with van der Waals surface area (Å²) in [5, 5.41) is 20.2. The van der Waals surface area contributed by atoms with Gasteiger partial charge in [0.15, 0.2) is 0 Å². The zero-order valence-electron chi connectivity index (χ0n) is 11.6. The molecule has 5 nitrogen and oxygen atoms in total. The van der Waals surface area contributed by atoms with Crippen molar-refractivity contribution in [3.8, 4) is 5.75 Å². The van der Waals surface area contributed by atoms with Crippen molar-refractivity contribution in [2.45, 2.75) is 26.8 Å². The summed E-state index contributed by atoms with van der Waals surface area (Å²) in [7, 11) is 0. The van der Waals surface area contributed by atoms with E-state index in [1.807, 2.05) is 13.0 Å². The van der Waals surface area contributed by atoms with Crippen molar-refractivity contribution in [3.05, 3.63) is 52.8 Å². The zero-order valence-corrected chi connectivity index (χ0v) is 11.6. The normalized spacial score (nSPS) is 10.3. The molecule has 0 spiro atoms. The standard InChI is InChI=1S/C15H17N3O2/c1-3-14-13(7-10(2)17-18-14)15(20)16-9-11-5-4-6-12(19)8-11/h4-8,19H,3,9H2,1-2H3,(H,16,20). The van der Waals surface area contributed by atoms with E-state index < -0.39 is 0 Å². The maximum absolute atomic E-state index is 12.2. The Bertz CT molecular complexity index is 626. The number of benzene rings is 1. The highest BCUT2D eigenvalue weighted by atomic mass is 16.3. The van der Waals surface area contributed by atoms with E-state index in [1.165, 1.54) is 0 Å². The van der Waals surface area contributed by atoms with Gasteiger partial charge in [-0.2, -0.15) is 10.2 Å². The summed E-state index contributed by atoms with van der Waals surface area (Å²) < 4.78 is 0. The lowest BCUT2D eigenvalue weighted by atomic mass is 10.1. The van der Waals surface area contributed by atoms with Crippen molar-refractivity contribution in [3.63, 3.8) is 0 Å². The Balaban J connectivity index is 2.10. The summed E-state index contributed by atoms with van der Waals surface area (Å²) >= 11 is 0. The van der Waals surface area contributed by atoms with Crippen LogP contribution in [0.15, 0.2) is 30.3 Å². The van der Waals surface area contributed by atoms with Crippen LogP contribution in [-0.2, 0) is 13.0 Å². The zero-order chi connectivity index (χ0) is 14.5. The molecule has 0 fully saturated rings. The second kappa shape index (κ2) is 6.14. The number of aryl methyl sites for hydroxylation is 2. The molecule has 0 unspecified atom stereocenters. The fraction of sp³-hybridized carbons (Fsp3) is 0.267. The first-order valence-corrected chi connectivity index (χ1v) is 6.49. The van der Waals surface area contributed by atoms with Gasteiger partial charge in [0.25, 0.3) is 5.91 Å². The van der Waals surface area contributed by atoms with Crippen LogP contribution in [0, 0.1) is 6.92 Å². The second-order valence-corrected chi connectivity index (χ2v) is 4.55. The third-order valence-electron chi connectivity index (χ3n) is 2.94. The lowest BCUT2D eigenvalue weighted by molar-refractivity contribution is 0.0949. The fourth-order valence-electron chi connectivity index (χ4n) is 1.92. The molecule has 0 aliphatic heterocycles. The van der Waals surface area contributed by atoms with Gasteiger partial charge in [-0.05, 0) is 37.1 Å². The van der Waals surface area contributed by atoms with Gasteiger partial charge in [-0.3, -0.25) is 4.79 Å². The SMILES string of the molecule is CCc1nnc(C)cc1C(=O)NCc1cccc(O)c1. The van der Waals surface area contributed by atoms with E-state index in [2.05, 4.69) is 15.5 Å². The number of carbonyl (C=O) groups is 1. The minimum absolute atomic E-state index is 0.178. The highest BCUT2D eigenvalue weighted by Crippen LogP contribution is 2.11. The molecule has 0 bridgehead atoms. The molecule has 0 aliphatic rings. The van der Waals surface area contributed by atoms with Gasteiger partial charge < -0.3 is 10.4 Å². The first-order chi connectivity index (χ1) is 9.60. The van der Waals surface area contributed by atoms with E-state index in [0.29, 0.717) is 29.9 Å². The van der Waals surface area contributed by atoms with Crippen LogP contribution in [-0.4, -0.2) is 21.2 Å². The monoisotopic (exact) mass is 271 g/mol. The number of phenolic OH excluding ortho intramolecular Hbond substituents is 1. The van der Waals surface area contributed by atoms with Crippen LogP contribution in [0.5, 0.6) is 5.75 Å². The predicted molar refractivity (Wildman–Crippen MR) is 75.4 cm³/mol. The molecule has 1 amide bonds. The molecule has 5 heteroatoms. The van der Waals surface area contributed by atoms with E-state index in [9.17, 15) is 9.90 Å². The molecule has 104 valence electrons. The predicted octanol–water partition coefficient (Wildman–Crippen LogP) is 1.98. The minimum Gasteiger partial charge on any atom is -0.508 e. The maximum Gasteiger partial charge on any atom is 0.253 e. The lowest BCUT2D eigenvalue weighted by Gasteiger charge is -2.09. The van der Waals surface area contributed by atoms with Crippen LogP contribution >= 0.6 is 0 Å². The van der Waals surface area contributed by atoms with Crippen molar-refractivity contribution in [2.24, 2.45) is 0 Å². The molecule has 2 aromatic rings. The van der Waals surface area contributed by atoms with Crippen LogP contribution in [0.4, 0.5) is 0 Å². The molecule has 0 atom stereocenters. The van der Waals surface area contributed by atoms with E-state index in [4.69, 9.17) is 0 Å². The average molecular weight is 271 g/mol. The summed E-state index contributed by atoms with van der Waals surface area (Å²) in [6.07, 6.45) is 0.655. The molecule has 1 aromatic heterocycles. The van der Waals surface area contributed by atoms with Crippen LogP contribution in [0.25, 0.3) is 0 Å². The van der Waals surface area contributed by atoms with Crippen molar-refractivity contribution >= 4 is 5.91 Å². The molecular weight excluding hydrogens is 254 g/mol.